The number of aliphatic hydroxyl groups is 1. The number of aldehydes is 1. The van der Waals surface area contributed by atoms with Gasteiger partial charge in [0.15, 0.2) is 40.4 Å². The summed E-state index contributed by atoms with van der Waals surface area (Å²) in [5.74, 6) is -7.74. The molecule has 7 heterocycles. The van der Waals surface area contributed by atoms with Crippen LogP contribution >= 0.6 is 95.6 Å². The smallest absolute Gasteiger partial charge is 0.428 e. The average Bonchev–Trinajstić information content (AvgIpc) is 0.763. The van der Waals surface area contributed by atoms with Crippen LogP contribution in [0.3, 0.4) is 0 Å². The van der Waals surface area contributed by atoms with E-state index in [1.54, 1.807) is 103 Å². The largest absolute Gasteiger partial charge is 0.478 e. The second-order valence-electron chi connectivity index (χ2n) is 26.9. The van der Waals surface area contributed by atoms with Crippen LogP contribution in [-0.2, 0) is 45.3 Å². The number of hydrogen-bond acceptors (Lipinski definition) is 26. The summed E-state index contributed by atoms with van der Waals surface area (Å²) in [5.41, 5.74) is -0.120. The monoisotopic (exact) mass is 2080 g/mol. The number of aliphatic imine (C=N–C) groups is 1. The van der Waals surface area contributed by atoms with E-state index in [0.29, 0.717) is 43.6 Å². The van der Waals surface area contributed by atoms with Crippen molar-refractivity contribution in [3.63, 3.8) is 0 Å². The van der Waals surface area contributed by atoms with Crippen molar-refractivity contribution in [3.05, 3.63) is 209 Å². The Hall–Kier alpha value is -9.89. The molecule has 30 nitrogen and oxygen atoms in total. The lowest BCUT2D eigenvalue weighted by atomic mass is 9.90. The van der Waals surface area contributed by atoms with Crippen LogP contribution in [0.4, 0.5) is 50.4 Å². The van der Waals surface area contributed by atoms with Crippen molar-refractivity contribution < 1.29 is 137 Å². The van der Waals surface area contributed by atoms with Gasteiger partial charge < -0.3 is 59.3 Å². The van der Waals surface area contributed by atoms with E-state index in [1.807, 2.05) is 0 Å². The van der Waals surface area contributed by atoms with Gasteiger partial charge in [0.2, 0.25) is 0 Å². The van der Waals surface area contributed by atoms with Crippen molar-refractivity contribution in [2.24, 2.45) is 4.99 Å². The number of aromatic carboxylic acids is 3. The number of carboxylic acid groups (broad SMARTS) is 3. The van der Waals surface area contributed by atoms with Gasteiger partial charge in [0.05, 0.1) is 53.3 Å². The standard InChI is InChI=1S/C22H29F2N3O5.C10H10BrF2NO2.C10H10BrNO4.C10H12BrNO3.C10H10BrNO3.2C7H4BrF2NO2/c1-20(2,3)31-18(28)27(19(29)32-21(4,5)6)17-26-22(7,11-14(12-23)30-17)15-10-13(25)8-9-16(15)24;1-5(2)16-10(15)8-7(9(12)13)3-6(11)4-14-8;1-5(2)16-10(15)8-7(9(13)14)3-6(11)4-12-8;2*1-6(2)15-10(14)9-7(5-13)3-8(11)4-12-9;2*8-3-1-4(6(9)10)5(7(12)13)11-2-3/h8-11H,12,25H2,1-7H3;3-5,9H,1-2H3;3-5H,1-2H3,(H,13,14);3-4,6,13H,5H2,1-2H3;3-6H,1-2H3;2*1-2,6H,(H,12,13)/t22-;;;;;;/m0....../s1. The molecular weight excluding hydrogens is 2010 g/mol. The first kappa shape index (κ1) is 106. The number of nitrogen functional groups attached to an aromatic ring is 1. The minimum absolute atomic E-state index is 0.00224. The van der Waals surface area contributed by atoms with Crippen LogP contribution in [0.25, 0.3) is 0 Å². The fourth-order valence-corrected chi connectivity index (χ4v) is 10.6. The number of nitrogens with zero attached hydrogens (tertiary/aromatic N) is 8. The van der Waals surface area contributed by atoms with Gasteiger partial charge in [-0.15, -0.1) is 4.90 Å². The van der Waals surface area contributed by atoms with Crippen molar-refractivity contribution in [2.45, 2.75) is 171 Å². The number of carbonyl (C=O) groups excluding carboxylic acids is 7. The fraction of sp³-hybridized carbons (Fsp3) is 0.355. The molecule has 0 spiro atoms. The number of carboxylic acids is 3. The number of allylic oxidation sites excluding steroid dienone is 1. The van der Waals surface area contributed by atoms with Gasteiger partial charge in [-0.1, -0.05) is 0 Å². The molecule has 1 aromatic carbocycles. The van der Waals surface area contributed by atoms with Crippen molar-refractivity contribution in [2.75, 3.05) is 12.4 Å². The van der Waals surface area contributed by atoms with E-state index in [0.717, 1.165) is 36.7 Å². The molecular formula is C76H79Br6F8N9O21. The van der Waals surface area contributed by atoms with E-state index in [4.69, 9.17) is 59.3 Å². The first-order valence-corrected chi connectivity index (χ1v) is 39.0. The Morgan fingerprint density at radius 2 is 0.850 bits per heavy atom. The first-order chi connectivity index (χ1) is 55.5. The highest BCUT2D eigenvalue weighted by Crippen LogP contribution is 2.37. The lowest BCUT2D eigenvalue weighted by Crippen LogP contribution is -2.49. The molecule has 1 aliphatic rings. The maximum atomic E-state index is 14.6. The number of hydrogen-bond donors (Lipinski definition) is 5. The molecule has 120 heavy (non-hydrogen) atoms. The Labute approximate surface area is 731 Å². The number of aliphatic hydroxyl groups excluding tert-OH is 1. The Kier molecular flexibility index (Phi) is 43.5. The molecule has 8 rings (SSSR count). The number of ether oxygens (including phenoxy) is 7. The number of aromatic nitrogens is 6. The average molecular weight is 2090 g/mol. The van der Waals surface area contributed by atoms with Crippen molar-refractivity contribution in [1.29, 1.82) is 0 Å². The molecule has 0 saturated carbocycles. The fourth-order valence-electron chi connectivity index (χ4n) is 8.53. The van der Waals surface area contributed by atoms with E-state index in [9.17, 15) is 83.1 Å². The molecule has 0 radical (unpaired) electrons. The molecule has 652 valence electrons. The van der Waals surface area contributed by atoms with Crippen LogP contribution in [0.15, 0.2) is 135 Å². The normalized spacial score (nSPS) is 12.7. The summed E-state index contributed by atoms with van der Waals surface area (Å²) in [6.45, 7) is 23.3. The Bertz CT molecular complexity index is 4770. The van der Waals surface area contributed by atoms with Crippen LogP contribution in [0, 0.1) is 5.82 Å². The highest BCUT2D eigenvalue weighted by atomic mass is 79.9. The molecule has 0 aliphatic carbocycles. The maximum absolute atomic E-state index is 14.6. The third-order valence-electron chi connectivity index (χ3n) is 13.1. The topological polar surface area (TPSA) is 435 Å². The SMILES string of the molecule is CC(C)(C)OC(=O)N(C(=O)OC(C)(C)C)C1=N[C@](C)(c2cc(N)ccc2F)C=C(CF)O1.CC(C)OC(=O)c1ncc(Br)cc1C(=O)O.CC(C)OC(=O)c1ncc(Br)cc1C(F)F.CC(C)OC(=O)c1ncc(Br)cc1C=O.CC(C)OC(=O)c1ncc(Br)cc1CO.O=C(O)c1ncc(Br)cc1C(F)F.O=C(O)c1ncc(Br)cc1C(F)F. The van der Waals surface area contributed by atoms with E-state index < -0.39 is 137 Å². The molecule has 1 atom stereocenters. The van der Waals surface area contributed by atoms with Crippen LogP contribution in [-0.4, -0.2) is 164 Å². The number of halogens is 14. The zero-order chi connectivity index (χ0) is 91.9. The number of imide groups is 1. The van der Waals surface area contributed by atoms with Crippen molar-refractivity contribution in [3.8, 4) is 0 Å². The molecule has 0 fully saturated rings. The zero-order valence-electron chi connectivity index (χ0n) is 65.9. The molecule has 7 aromatic rings. The highest BCUT2D eigenvalue weighted by Gasteiger charge is 2.42. The van der Waals surface area contributed by atoms with Crippen LogP contribution in [0.1, 0.15) is 235 Å². The summed E-state index contributed by atoms with van der Waals surface area (Å²) in [6.07, 6.45) is -2.14. The zero-order valence-corrected chi connectivity index (χ0v) is 75.5. The van der Waals surface area contributed by atoms with Gasteiger partial charge >= 0.3 is 60.0 Å². The molecule has 2 amide bonds. The van der Waals surface area contributed by atoms with Crippen molar-refractivity contribution >= 4 is 168 Å². The van der Waals surface area contributed by atoms with Gasteiger partial charge in [0.1, 0.15) is 35.0 Å². The predicted octanol–water partition coefficient (Wildman–Crippen LogP) is 19.6. The summed E-state index contributed by atoms with van der Waals surface area (Å²) < 4.78 is 141. The molecule has 0 saturated heterocycles. The lowest BCUT2D eigenvalue weighted by molar-refractivity contribution is 0.0101. The molecule has 1 aliphatic heterocycles. The van der Waals surface area contributed by atoms with Gasteiger partial charge in [0, 0.05) is 86.4 Å². The number of amidine groups is 1. The van der Waals surface area contributed by atoms with E-state index in [1.165, 1.54) is 62.1 Å². The number of alkyl halides is 7. The maximum Gasteiger partial charge on any atom is 0.428 e. The summed E-state index contributed by atoms with van der Waals surface area (Å²) in [7, 11) is 0. The van der Waals surface area contributed by atoms with E-state index in [2.05, 4.69) is 130 Å². The second-order valence-corrected chi connectivity index (χ2v) is 32.4. The predicted molar refractivity (Wildman–Crippen MR) is 436 cm³/mol. The third-order valence-corrected chi connectivity index (χ3v) is 15.7. The third kappa shape index (κ3) is 36.2. The summed E-state index contributed by atoms with van der Waals surface area (Å²) in [5, 5.41) is 35.0. The quantitative estimate of drug-likeness (QED) is 0.0175. The van der Waals surface area contributed by atoms with E-state index in [-0.39, 0.29) is 81.9 Å². The Balaban J connectivity index is 0.000000489. The van der Waals surface area contributed by atoms with Crippen LogP contribution in [0.2, 0.25) is 0 Å². The Morgan fingerprint density at radius 1 is 0.508 bits per heavy atom. The summed E-state index contributed by atoms with van der Waals surface area (Å²) in [4.78, 5) is 141. The molecule has 0 unspecified atom stereocenters. The number of nitrogens with two attached hydrogens (primary N) is 1. The summed E-state index contributed by atoms with van der Waals surface area (Å²) >= 11 is 18.3. The molecule has 6 N–H and O–H groups in total. The molecule has 6 aromatic heterocycles. The highest BCUT2D eigenvalue weighted by molar-refractivity contribution is 9.11. The van der Waals surface area contributed by atoms with E-state index >= 15 is 0 Å². The van der Waals surface area contributed by atoms with Crippen LogP contribution < -0.4 is 5.73 Å². The second kappa shape index (κ2) is 49.1. The molecule has 0 bridgehead atoms. The minimum Gasteiger partial charge on any atom is -0.478 e. The molecule has 44 heteroatoms. The van der Waals surface area contributed by atoms with Gasteiger partial charge in [-0.05, 0) is 260 Å². The number of anilines is 1. The number of benzene rings is 1. The van der Waals surface area contributed by atoms with Gasteiger partial charge in [-0.2, -0.15) is 0 Å². The number of pyridine rings is 6. The number of rotatable bonds is 18. The minimum atomic E-state index is -2.84. The van der Waals surface area contributed by atoms with Crippen molar-refractivity contribution in [1.82, 2.24) is 34.8 Å². The number of amides is 2. The lowest BCUT2D eigenvalue weighted by Gasteiger charge is -2.33. The van der Waals surface area contributed by atoms with Crippen LogP contribution in [0.5, 0.6) is 0 Å². The first-order valence-electron chi connectivity index (χ1n) is 34.2. The van der Waals surface area contributed by atoms with Gasteiger partial charge in [0.25, 0.3) is 19.3 Å². The van der Waals surface area contributed by atoms with Gasteiger partial charge in [-0.25, -0.2) is 113 Å². The summed E-state index contributed by atoms with van der Waals surface area (Å²) in [6, 6.07) is 10.9. The number of esters is 4. The van der Waals surface area contributed by atoms with Gasteiger partial charge in [-0.3, -0.25) is 4.79 Å². The number of carbonyl (C=O) groups is 10. The Morgan fingerprint density at radius 3 is 1.22 bits per heavy atom.